The van der Waals surface area contributed by atoms with Crippen molar-refractivity contribution in [3.63, 3.8) is 0 Å². The Morgan fingerprint density at radius 3 is 2.35 bits per heavy atom. The molecule has 112 valence electrons. The smallest absolute Gasteiger partial charge is 0.237 e. The molecular weight excluding hydrogens is 252 g/mol. The van der Waals surface area contributed by atoms with Gasteiger partial charge >= 0.3 is 0 Å². The van der Waals surface area contributed by atoms with Crippen molar-refractivity contribution in [1.82, 2.24) is 5.32 Å². The average Bonchev–Trinajstić information content (AvgIpc) is 2.39. The maximum absolute atomic E-state index is 12.0. The van der Waals surface area contributed by atoms with Gasteiger partial charge in [-0.15, -0.1) is 0 Å². The van der Waals surface area contributed by atoms with Gasteiger partial charge in [-0.05, 0) is 43.9 Å². The zero-order chi connectivity index (χ0) is 15.1. The molecule has 1 amide bonds. The number of carbonyl (C=O) groups excluding carboxylic acids is 1. The monoisotopic (exact) mass is 278 g/mol. The lowest BCUT2D eigenvalue weighted by molar-refractivity contribution is -0.123. The van der Waals surface area contributed by atoms with Crippen LogP contribution in [0.5, 0.6) is 5.75 Å². The summed E-state index contributed by atoms with van der Waals surface area (Å²) in [5, 5.41) is 2.95. The summed E-state index contributed by atoms with van der Waals surface area (Å²) in [5.74, 6) is 1.16. The van der Waals surface area contributed by atoms with Crippen LogP contribution in [0.3, 0.4) is 0 Å². The Hall–Kier alpha value is -1.55. The van der Waals surface area contributed by atoms with Gasteiger partial charge in [-0.1, -0.05) is 26.0 Å². The summed E-state index contributed by atoms with van der Waals surface area (Å²) >= 11 is 0. The molecule has 0 saturated heterocycles. The van der Waals surface area contributed by atoms with E-state index in [0.29, 0.717) is 18.9 Å². The van der Waals surface area contributed by atoms with Gasteiger partial charge in [0, 0.05) is 0 Å². The lowest BCUT2D eigenvalue weighted by Gasteiger charge is -2.19. The minimum atomic E-state index is -0.444. The lowest BCUT2D eigenvalue weighted by Crippen LogP contribution is -2.42. The van der Waals surface area contributed by atoms with Gasteiger partial charge in [-0.3, -0.25) is 4.79 Å². The third-order valence-electron chi connectivity index (χ3n) is 3.11. The number of ether oxygens (including phenoxy) is 1. The van der Waals surface area contributed by atoms with Crippen LogP contribution < -0.4 is 15.8 Å². The molecule has 0 saturated carbocycles. The molecule has 20 heavy (non-hydrogen) atoms. The molecule has 1 aromatic rings. The van der Waals surface area contributed by atoms with Crippen LogP contribution in [0, 0.1) is 5.92 Å². The van der Waals surface area contributed by atoms with Crippen LogP contribution in [0.15, 0.2) is 24.3 Å². The molecular formula is C16H26N2O2. The number of benzene rings is 1. The lowest BCUT2D eigenvalue weighted by atomic mass is 10.0. The highest BCUT2D eigenvalue weighted by atomic mass is 16.5. The predicted molar refractivity (Wildman–Crippen MR) is 81.6 cm³/mol. The third kappa shape index (κ3) is 5.21. The second kappa shape index (κ2) is 7.90. The van der Waals surface area contributed by atoms with E-state index >= 15 is 0 Å². The molecule has 4 heteroatoms. The molecule has 0 aliphatic carbocycles. The number of rotatable bonds is 7. The van der Waals surface area contributed by atoms with Gasteiger partial charge < -0.3 is 15.8 Å². The highest BCUT2D eigenvalue weighted by molar-refractivity contribution is 5.81. The topological polar surface area (TPSA) is 64.3 Å². The van der Waals surface area contributed by atoms with E-state index in [1.54, 1.807) is 0 Å². The van der Waals surface area contributed by atoms with E-state index in [-0.39, 0.29) is 11.9 Å². The average molecular weight is 278 g/mol. The van der Waals surface area contributed by atoms with Crippen molar-refractivity contribution >= 4 is 5.91 Å². The van der Waals surface area contributed by atoms with E-state index in [2.05, 4.69) is 19.2 Å². The van der Waals surface area contributed by atoms with Crippen LogP contribution >= 0.6 is 0 Å². The molecule has 0 aliphatic heterocycles. The summed E-state index contributed by atoms with van der Waals surface area (Å²) in [7, 11) is 0. The quantitative estimate of drug-likeness (QED) is 0.806. The third-order valence-corrected chi connectivity index (χ3v) is 3.11. The summed E-state index contributed by atoms with van der Waals surface area (Å²) in [6.45, 7) is 8.67. The summed E-state index contributed by atoms with van der Waals surface area (Å²) in [5.41, 5.74) is 6.92. The van der Waals surface area contributed by atoms with Crippen molar-refractivity contribution in [2.75, 3.05) is 6.61 Å². The first-order chi connectivity index (χ1) is 9.43. The molecule has 0 bridgehead atoms. The van der Waals surface area contributed by atoms with E-state index in [4.69, 9.17) is 10.5 Å². The molecule has 4 nitrogen and oxygen atoms in total. The highest BCUT2D eigenvalue weighted by Crippen LogP contribution is 2.18. The van der Waals surface area contributed by atoms with E-state index < -0.39 is 6.04 Å². The first-order valence-electron chi connectivity index (χ1n) is 7.22. The van der Waals surface area contributed by atoms with Crippen LogP contribution in [0.25, 0.3) is 0 Å². The Bertz CT molecular complexity index is 415. The Balaban J connectivity index is 2.57. The molecule has 0 aliphatic rings. The molecule has 0 aromatic heterocycles. The summed E-state index contributed by atoms with van der Waals surface area (Å²) in [6, 6.07) is 7.25. The fourth-order valence-electron chi connectivity index (χ4n) is 2.04. The largest absolute Gasteiger partial charge is 0.494 e. The van der Waals surface area contributed by atoms with Crippen molar-refractivity contribution in [1.29, 1.82) is 0 Å². The first-order valence-corrected chi connectivity index (χ1v) is 7.22. The minimum Gasteiger partial charge on any atom is -0.494 e. The molecule has 3 N–H and O–H groups in total. The van der Waals surface area contributed by atoms with Gasteiger partial charge in [0.05, 0.1) is 18.7 Å². The maximum Gasteiger partial charge on any atom is 0.237 e. The minimum absolute atomic E-state index is 0.0589. The van der Waals surface area contributed by atoms with Gasteiger partial charge in [0.15, 0.2) is 0 Å². The van der Waals surface area contributed by atoms with Gasteiger partial charge in [-0.25, -0.2) is 0 Å². The van der Waals surface area contributed by atoms with Crippen molar-refractivity contribution in [3.05, 3.63) is 29.8 Å². The number of nitrogens with one attached hydrogen (secondary N) is 1. The number of nitrogens with two attached hydrogens (primary N) is 1. The van der Waals surface area contributed by atoms with Crippen LogP contribution in [-0.2, 0) is 4.79 Å². The Labute approximate surface area is 121 Å². The summed E-state index contributed by atoms with van der Waals surface area (Å²) < 4.78 is 5.40. The predicted octanol–water partition coefficient (Wildman–Crippen LogP) is 2.64. The molecule has 0 fully saturated rings. The van der Waals surface area contributed by atoms with Crippen molar-refractivity contribution in [3.8, 4) is 5.75 Å². The maximum atomic E-state index is 12.0. The van der Waals surface area contributed by atoms with Crippen molar-refractivity contribution in [2.45, 2.75) is 46.2 Å². The molecule has 1 aromatic carbocycles. The van der Waals surface area contributed by atoms with E-state index in [1.165, 1.54) is 0 Å². The summed E-state index contributed by atoms with van der Waals surface area (Å²) in [4.78, 5) is 12.0. The van der Waals surface area contributed by atoms with E-state index in [9.17, 15) is 4.79 Å². The Morgan fingerprint density at radius 2 is 1.85 bits per heavy atom. The fourth-order valence-corrected chi connectivity index (χ4v) is 2.04. The molecule has 0 radical (unpaired) electrons. The highest BCUT2D eigenvalue weighted by Gasteiger charge is 2.17. The van der Waals surface area contributed by atoms with Crippen LogP contribution in [0.1, 0.15) is 45.7 Å². The fraction of sp³-hybridized carbons (Fsp3) is 0.562. The normalized spacial score (nSPS) is 13.9. The second-order valence-corrected chi connectivity index (χ2v) is 5.47. The molecule has 0 spiro atoms. The first kappa shape index (κ1) is 16.5. The van der Waals surface area contributed by atoms with E-state index in [1.807, 2.05) is 38.1 Å². The van der Waals surface area contributed by atoms with Crippen LogP contribution in [0.2, 0.25) is 0 Å². The molecule has 0 heterocycles. The number of carbonyl (C=O) groups is 1. The number of hydrogen-bond acceptors (Lipinski definition) is 3. The molecule has 1 unspecified atom stereocenters. The number of hydrogen-bond donors (Lipinski definition) is 2. The van der Waals surface area contributed by atoms with Crippen molar-refractivity contribution in [2.24, 2.45) is 11.7 Å². The standard InChI is InChI=1S/C16H26N2O2/c1-5-20-14-8-6-13(7-9-14)12(4)18-16(19)15(17)10-11(2)3/h6-9,11-12,15H,5,10,17H2,1-4H3,(H,18,19)/t12?,15-/m0/s1. The SMILES string of the molecule is CCOc1ccc(C(C)NC(=O)[C@@H](N)CC(C)C)cc1. The van der Waals surface area contributed by atoms with Crippen LogP contribution in [0.4, 0.5) is 0 Å². The van der Waals surface area contributed by atoms with Gasteiger partial charge in [0.25, 0.3) is 0 Å². The van der Waals surface area contributed by atoms with Gasteiger partial charge in [-0.2, -0.15) is 0 Å². The molecule has 1 rings (SSSR count). The molecule has 2 atom stereocenters. The van der Waals surface area contributed by atoms with E-state index in [0.717, 1.165) is 11.3 Å². The summed E-state index contributed by atoms with van der Waals surface area (Å²) in [6.07, 6.45) is 0.696. The zero-order valence-corrected chi connectivity index (χ0v) is 12.8. The van der Waals surface area contributed by atoms with Crippen LogP contribution in [-0.4, -0.2) is 18.6 Å². The van der Waals surface area contributed by atoms with Crippen molar-refractivity contribution < 1.29 is 9.53 Å². The second-order valence-electron chi connectivity index (χ2n) is 5.47. The Morgan fingerprint density at radius 1 is 1.25 bits per heavy atom. The van der Waals surface area contributed by atoms with Gasteiger partial charge in [0.2, 0.25) is 5.91 Å². The Kier molecular flexibility index (Phi) is 6.52. The zero-order valence-electron chi connectivity index (χ0n) is 12.8. The number of amides is 1. The van der Waals surface area contributed by atoms with Gasteiger partial charge in [0.1, 0.15) is 5.75 Å².